The molecule has 1 saturated heterocycles. The summed E-state index contributed by atoms with van der Waals surface area (Å²) in [5.74, 6) is -1.29. The number of amides is 3. The topological polar surface area (TPSA) is 98.7 Å². The number of urea groups is 1. The predicted octanol–water partition coefficient (Wildman–Crippen LogP) is 0.799. The molecule has 7 heteroatoms. The molecule has 21 heavy (non-hydrogen) atoms. The highest BCUT2D eigenvalue weighted by Crippen LogP contribution is 2.08. The zero-order valence-corrected chi connectivity index (χ0v) is 12.6. The van der Waals surface area contributed by atoms with Crippen LogP contribution in [0.15, 0.2) is 0 Å². The summed E-state index contributed by atoms with van der Waals surface area (Å²) in [7, 11) is 0. The van der Waals surface area contributed by atoms with Gasteiger partial charge < -0.3 is 20.6 Å². The van der Waals surface area contributed by atoms with Gasteiger partial charge in [-0.2, -0.15) is 0 Å². The first kappa shape index (κ1) is 17.3. The molecule has 1 unspecified atom stereocenters. The van der Waals surface area contributed by atoms with E-state index in [0.717, 1.165) is 32.4 Å². The Morgan fingerprint density at radius 2 is 1.81 bits per heavy atom. The van der Waals surface area contributed by atoms with Crippen LogP contribution < -0.4 is 10.6 Å². The Labute approximate surface area is 125 Å². The molecule has 0 aromatic carbocycles. The molecule has 7 nitrogen and oxygen atoms in total. The Morgan fingerprint density at radius 1 is 1.14 bits per heavy atom. The number of rotatable bonds is 7. The first-order valence-electron chi connectivity index (χ1n) is 7.53. The van der Waals surface area contributed by atoms with Crippen LogP contribution in [0.5, 0.6) is 0 Å². The third-order valence-electron chi connectivity index (χ3n) is 3.63. The van der Waals surface area contributed by atoms with E-state index in [9.17, 15) is 14.4 Å². The van der Waals surface area contributed by atoms with Crippen molar-refractivity contribution in [2.75, 3.05) is 26.2 Å². The van der Waals surface area contributed by atoms with E-state index in [1.54, 1.807) is 11.8 Å². The van der Waals surface area contributed by atoms with Gasteiger partial charge in [0, 0.05) is 19.6 Å². The summed E-state index contributed by atoms with van der Waals surface area (Å²) < 4.78 is 0. The highest BCUT2D eigenvalue weighted by Gasteiger charge is 2.16. The van der Waals surface area contributed by atoms with Gasteiger partial charge in [-0.15, -0.1) is 0 Å². The minimum absolute atomic E-state index is 0.0113. The van der Waals surface area contributed by atoms with Gasteiger partial charge in [0.15, 0.2) is 0 Å². The first-order chi connectivity index (χ1) is 10.0. The van der Waals surface area contributed by atoms with Crippen molar-refractivity contribution in [3.05, 3.63) is 0 Å². The zero-order valence-electron chi connectivity index (χ0n) is 12.6. The van der Waals surface area contributed by atoms with E-state index in [-0.39, 0.29) is 18.5 Å². The molecule has 1 heterocycles. The van der Waals surface area contributed by atoms with Crippen LogP contribution in [-0.2, 0) is 9.59 Å². The van der Waals surface area contributed by atoms with Crippen molar-refractivity contribution in [3.63, 3.8) is 0 Å². The number of carbonyl (C=O) groups excluding carboxylic acids is 2. The Morgan fingerprint density at radius 3 is 2.43 bits per heavy atom. The van der Waals surface area contributed by atoms with E-state index < -0.39 is 11.9 Å². The summed E-state index contributed by atoms with van der Waals surface area (Å²) in [5.41, 5.74) is 0. The van der Waals surface area contributed by atoms with Crippen molar-refractivity contribution < 1.29 is 19.5 Å². The molecule has 3 N–H and O–H groups in total. The van der Waals surface area contributed by atoms with E-state index in [1.807, 2.05) is 0 Å². The number of carbonyl (C=O) groups is 3. The van der Waals surface area contributed by atoms with Crippen molar-refractivity contribution in [3.8, 4) is 0 Å². The standard InChI is InChI=1S/C14H25N3O4/c1-11(13(19)20)6-5-7-15-14(21)16-10-12(18)17-8-3-2-4-9-17/h11H,2-10H2,1H3,(H,19,20)(H2,15,16,21). The molecule has 0 radical (unpaired) electrons. The van der Waals surface area contributed by atoms with Crippen molar-refractivity contribution in [1.82, 2.24) is 15.5 Å². The van der Waals surface area contributed by atoms with Gasteiger partial charge in [-0.25, -0.2) is 4.79 Å². The average Bonchev–Trinajstić information content (AvgIpc) is 2.49. The average molecular weight is 299 g/mol. The minimum atomic E-state index is -0.827. The van der Waals surface area contributed by atoms with Gasteiger partial charge >= 0.3 is 12.0 Å². The van der Waals surface area contributed by atoms with Gasteiger partial charge in [0.05, 0.1) is 12.5 Å². The SMILES string of the molecule is CC(CCCNC(=O)NCC(=O)N1CCCCC1)C(=O)O. The first-order valence-corrected chi connectivity index (χ1v) is 7.53. The van der Waals surface area contributed by atoms with Gasteiger partial charge in [-0.3, -0.25) is 9.59 Å². The molecule has 1 aliphatic rings. The predicted molar refractivity (Wildman–Crippen MR) is 77.9 cm³/mol. The number of carboxylic acid groups (broad SMARTS) is 1. The highest BCUT2D eigenvalue weighted by atomic mass is 16.4. The summed E-state index contributed by atoms with van der Waals surface area (Å²) in [6, 6.07) is -0.386. The minimum Gasteiger partial charge on any atom is -0.481 e. The molecule has 0 aromatic heterocycles. The number of piperidine rings is 1. The third-order valence-corrected chi connectivity index (χ3v) is 3.63. The fourth-order valence-electron chi connectivity index (χ4n) is 2.21. The molecule has 0 spiro atoms. The smallest absolute Gasteiger partial charge is 0.315 e. The van der Waals surface area contributed by atoms with Gasteiger partial charge in [0.1, 0.15) is 0 Å². The fourth-order valence-corrected chi connectivity index (χ4v) is 2.21. The lowest BCUT2D eigenvalue weighted by Gasteiger charge is -2.26. The molecule has 120 valence electrons. The molecule has 1 atom stereocenters. The summed E-state index contributed by atoms with van der Waals surface area (Å²) in [5, 5.41) is 13.9. The highest BCUT2D eigenvalue weighted by molar-refractivity contribution is 5.84. The molecule has 1 aliphatic heterocycles. The second kappa shape index (κ2) is 9.20. The van der Waals surface area contributed by atoms with E-state index >= 15 is 0 Å². The lowest BCUT2D eigenvalue weighted by atomic mass is 10.1. The maximum atomic E-state index is 11.8. The second-order valence-corrected chi connectivity index (χ2v) is 5.43. The molecule has 0 aliphatic carbocycles. The van der Waals surface area contributed by atoms with Crippen molar-refractivity contribution in [1.29, 1.82) is 0 Å². The number of aliphatic carboxylic acids is 1. The quantitative estimate of drug-likeness (QED) is 0.605. The number of hydrogen-bond donors (Lipinski definition) is 3. The number of hydrogen-bond acceptors (Lipinski definition) is 3. The maximum Gasteiger partial charge on any atom is 0.315 e. The molecule has 0 aromatic rings. The molecule has 0 saturated carbocycles. The van der Waals surface area contributed by atoms with E-state index in [0.29, 0.717) is 19.4 Å². The van der Waals surface area contributed by atoms with E-state index in [1.165, 1.54) is 0 Å². The van der Waals surface area contributed by atoms with Crippen LogP contribution >= 0.6 is 0 Å². The lowest BCUT2D eigenvalue weighted by molar-refractivity contribution is -0.141. The summed E-state index contributed by atoms with van der Waals surface area (Å²) in [6.07, 6.45) is 4.33. The lowest BCUT2D eigenvalue weighted by Crippen LogP contribution is -2.45. The maximum absolute atomic E-state index is 11.8. The molecular formula is C14H25N3O4. The molecular weight excluding hydrogens is 274 g/mol. The van der Waals surface area contributed by atoms with Crippen LogP contribution in [-0.4, -0.2) is 54.1 Å². The van der Waals surface area contributed by atoms with E-state index in [2.05, 4.69) is 10.6 Å². The van der Waals surface area contributed by atoms with Crippen LogP contribution in [0.4, 0.5) is 4.79 Å². The molecule has 1 rings (SSSR count). The summed E-state index contributed by atoms with van der Waals surface area (Å²) in [6.45, 7) is 3.60. The summed E-state index contributed by atoms with van der Waals surface area (Å²) in [4.78, 5) is 35.7. The van der Waals surface area contributed by atoms with Gasteiger partial charge in [-0.1, -0.05) is 6.92 Å². The van der Waals surface area contributed by atoms with Gasteiger partial charge in [0.2, 0.25) is 5.91 Å². The zero-order chi connectivity index (χ0) is 15.7. The second-order valence-electron chi connectivity index (χ2n) is 5.43. The number of nitrogens with zero attached hydrogens (tertiary/aromatic N) is 1. The van der Waals surface area contributed by atoms with Crippen LogP contribution in [0.25, 0.3) is 0 Å². The van der Waals surface area contributed by atoms with E-state index in [4.69, 9.17) is 5.11 Å². The molecule has 1 fully saturated rings. The summed E-state index contributed by atoms with van der Waals surface area (Å²) >= 11 is 0. The van der Waals surface area contributed by atoms with Crippen molar-refractivity contribution in [2.45, 2.75) is 39.0 Å². The number of nitrogens with one attached hydrogen (secondary N) is 2. The van der Waals surface area contributed by atoms with Crippen LogP contribution in [0.3, 0.4) is 0 Å². The third kappa shape index (κ3) is 6.97. The van der Waals surface area contributed by atoms with Crippen molar-refractivity contribution in [2.24, 2.45) is 5.92 Å². The molecule has 0 bridgehead atoms. The number of likely N-dealkylation sites (tertiary alicyclic amines) is 1. The normalized spacial score (nSPS) is 16.1. The van der Waals surface area contributed by atoms with Crippen LogP contribution in [0.2, 0.25) is 0 Å². The largest absolute Gasteiger partial charge is 0.481 e. The fraction of sp³-hybridized carbons (Fsp3) is 0.786. The Bertz CT molecular complexity index is 367. The Hall–Kier alpha value is -1.79. The van der Waals surface area contributed by atoms with Gasteiger partial charge in [-0.05, 0) is 32.1 Å². The monoisotopic (exact) mass is 299 g/mol. The Balaban J connectivity index is 2.08. The number of carboxylic acids is 1. The Kier molecular flexibility index (Phi) is 7.56. The molecule has 3 amide bonds. The van der Waals surface area contributed by atoms with Crippen molar-refractivity contribution >= 4 is 17.9 Å². The van der Waals surface area contributed by atoms with Crippen LogP contribution in [0.1, 0.15) is 39.0 Å². The van der Waals surface area contributed by atoms with Crippen LogP contribution in [0, 0.1) is 5.92 Å². The van der Waals surface area contributed by atoms with Gasteiger partial charge in [0.25, 0.3) is 0 Å².